The highest BCUT2D eigenvalue weighted by Crippen LogP contribution is 2.40. The maximum atomic E-state index is 13.0. The quantitative estimate of drug-likeness (QED) is 0.697. The van der Waals surface area contributed by atoms with Gasteiger partial charge in [-0.05, 0) is 56.2 Å². The number of nitrogens with zero attached hydrogens (tertiary/aromatic N) is 1. The molecule has 0 aromatic heterocycles. The lowest BCUT2D eigenvalue weighted by Gasteiger charge is -2.24. The number of carbonyl (C=O) groups excluding carboxylic acids is 1. The second-order valence-corrected chi connectivity index (χ2v) is 8.70. The molecule has 0 bridgehead atoms. The van der Waals surface area contributed by atoms with Gasteiger partial charge in [-0.3, -0.25) is 4.79 Å². The minimum atomic E-state index is 0.109. The van der Waals surface area contributed by atoms with Crippen LogP contribution in [0.1, 0.15) is 56.9 Å². The molecule has 3 heteroatoms. The number of hydrogen-bond acceptors (Lipinski definition) is 3. The topological polar surface area (TPSA) is 20.3 Å². The Kier molecular flexibility index (Phi) is 6.79. The van der Waals surface area contributed by atoms with E-state index in [9.17, 15) is 4.79 Å². The van der Waals surface area contributed by atoms with E-state index in [-0.39, 0.29) is 5.92 Å². The van der Waals surface area contributed by atoms with Crippen LogP contribution in [0.2, 0.25) is 0 Å². The van der Waals surface area contributed by atoms with Gasteiger partial charge in [0.1, 0.15) is 0 Å². The van der Waals surface area contributed by atoms with E-state index in [1.165, 1.54) is 57.2 Å². The largest absolute Gasteiger partial charge is 0.303 e. The summed E-state index contributed by atoms with van der Waals surface area (Å²) in [5, 5.41) is 0.404. The van der Waals surface area contributed by atoms with Crippen LogP contribution in [-0.2, 0) is 4.79 Å². The van der Waals surface area contributed by atoms with Crippen molar-refractivity contribution in [2.75, 3.05) is 25.4 Å². The highest BCUT2D eigenvalue weighted by molar-refractivity contribution is 8.13. The number of carbonyl (C=O) groups is 1. The molecule has 2 atom stereocenters. The Morgan fingerprint density at radius 3 is 2.46 bits per heavy atom. The maximum absolute atomic E-state index is 13.0. The van der Waals surface area contributed by atoms with E-state index < -0.39 is 0 Å². The highest BCUT2D eigenvalue weighted by Gasteiger charge is 2.32. The zero-order chi connectivity index (χ0) is 16.8. The summed E-state index contributed by atoms with van der Waals surface area (Å²) in [6.07, 6.45) is 7.70. The number of rotatable bonds is 7. The van der Waals surface area contributed by atoms with Gasteiger partial charge in [0.25, 0.3) is 0 Å². The fraction of sp³-hybridized carbons (Fsp3) is 0.667. The van der Waals surface area contributed by atoms with E-state index in [2.05, 4.69) is 36.1 Å². The van der Waals surface area contributed by atoms with Gasteiger partial charge in [0.15, 0.2) is 5.12 Å². The first-order valence-corrected chi connectivity index (χ1v) is 10.7. The molecular weight excluding hydrogens is 314 g/mol. The van der Waals surface area contributed by atoms with Crippen LogP contribution in [0.3, 0.4) is 0 Å². The Hall–Kier alpha value is -0.800. The van der Waals surface area contributed by atoms with Crippen molar-refractivity contribution >= 4 is 16.9 Å². The average Bonchev–Trinajstić information content (AvgIpc) is 3.28. The van der Waals surface area contributed by atoms with Gasteiger partial charge in [0.2, 0.25) is 0 Å². The van der Waals surface area contributed by atoms with Crippen LogP contribution in [-0.4, -0.2) is 35.4 Å². The van der Waals surface area contributed by atoms with Crippen molar-refractivity contribution in [2.24, 2.45) is 11.8 Å². The summed E-state index contributed by atoms with van der Waals surface area (Å²) < 4.78 is 0. The molecule has 24 heavy (non-hydrogen) atoms. The highest BCUT2D eigenvalue weighted by atomic mass is 32.2. The molecule has 2 unspecified atom stereocenters. The van der Waals surface area contributed by atoms with Gasteiger partial charge >= 0.3 is 0 Å². The van der Waals surface area contributed by atoms with Crippen LogP contribution in [0.15, 0.2) is 30.3 Å². The van der Waals surface area contributed by atoms with Crippen molar-refractivity contribution < 1.29 is 4.79 Å². The van der Waals surface area contributed by atoms with Gasteiger partial charge < -0.3 is 4.90 Å². The van der Waals surface area contributed by atoms with Crippen LogP contribution in [0.4, 0.5) is 0 Å². The van der Waals surface area contributed by atoms with E-state index >= 15 is 0 Å². The number of thioether (sulfide) groups is 1. The fourth-order valence-corrected chi connectivity index (χ4v) is 5.39. The molecule has 1 saturated carbocycles. The zero-order valence-corrected chi connectivity index (χ0v) is 15.8. The van der Waals surface area contributed by atoms with Gasteiger partial charge in [-0.15, -0.1) is 0 Å². The lowest BCUT2D eigenvalue weighted by Crippen LogP contribution is -2.27. The SMILES string of the molecule is CC(CSC(=O)C(c1ccccc1)C1CCCC1)CN1CCCC1. The van der Waals surface area contributed by atoms with Crippen LogP contribution in [0.25, 0.3) is 0 Å². The van der Waals surface area contributed by atoms with Crippen molar-refractivity contribution in [1.29, 1.82) is 0 Å². The number of benzene rings is 1. The van der Waals surface area contributed by atoms with Crippen LogP contribution in [0, 0.1) is 11.8 Å². The standard InChI is InChI=1S/C21H31NOS/c1-17(15-22-13-7-8-14-22)16-24-21(23)20(19-11-5-6-12-19)18-9-3-2-4-10-18/h2-4,9-10,17,19-20H,5-8,11-16H2,1H3. The summed E-state index contributed by atoms with van der Waals surface area (Å²) >= 11 is 1.59. The lowest BCUT2D eigenvalue weighted by molar-refractivity contribution is -0.113. The zero-order valence-electron chi connectivity index (χ0n) is 15.0. The molecule has 0 spiro atoms. The summed E-state index contributed by atoms with van der Waals surface area (Å²) in [5.74, 6) is 2.22. The van der Waals surface area contributed by atoms with Crippen LogP contribution in [0.5, 0.6) is 0 Å². The number of hydrogen-bond donors (Lipinski definition) is 0. The second-order valence-electron chi connectivity index (χ2n) is 7.68. The third-order valence-corrected chi connectivity index (χ3v) is 6.84. The summed E-state index contributed by atoms with van der Waals surface area (Å²) in [6.45, 7) is 5.95. The van der Waals surface area contributed by atoms with Crippen molar-refractivity contribution in [3.8, 4) is 0 Å². The van der Waals surface area contributed by atoms with Gasteiger partial charge in [0, 0.05) is 12.3 Å². The molecule has 1 aliphatic heterocycles. The number of likely N-dealkylation sites (tertiary alicyclic amines) is 1. The molecule has 1 aliphatic carbocycles. The van der Waals surface area contributed by atoms with Gasteiger partial charge in [-0.25, -0.2) is 0 Å². The normalized spacial score (nSPS) is 21.9. The molecule has 1 saturated heterocycles. The van der Waals surface area contributed by atoms with E-state index in [1.54, 1.807) is 11.8 Å². The fourth-order valence-electron chi connectivity index (χ4n) is 4.32. The Morgan fingerprint density at radius 2 is 1.79 bits per heavy atom. The van der Waals surface area contributed by atoms with Crippen molar-refractivity contribution in [3.63, 3.8) is 0 Å². The molecule has 2 fully saturated rings. The molecule has 1 aromatic carbocycles. The van der Waals surface area contributed by atoms with Gasteiger partial charge in [-0.1, -0.05) is 61.9 Å². The molecule has 3 rings (SSSR count). The van der Waals surface area contributed by atoms with Gasteiger partial charge in [-0.2, -0.15) is 0 Å². The predicted octanol–water partition coefficient (Wildman–Crippen LogP) is 4.95. The molecular formula is C21H31NOS. The van der Waals surface area contributed by atoms with Crippen LogP contribution >= 0.6 is 11.8 Å². The summed E-state index contributed by atoms with van der Waals surface area (Å²) in [4.78, 5) is 15.6. The average molecular weight is 346 g/mol. The van der Waals surface area contributed by atoms with Crippen LogP contribution < -0.4 is 0 Å². The third kappa shape index (κ3) is 4.86. The van der Waals surface area contributed by atoms with E-state index in [0.29, 0.717) is 17.0 Å². The first kappa shape index (κ1) is 18.0. The molecule has 0 amide bonds. The van der Waals surface area contributed by atoms with Crippen molar-refractivity contribution in [3.05, 3.63) is 35.9 Å². The summed E-state index contributed by atoms with van der Waals surface area (Å²) in [7, 11) is 0. The summed E-state index contributed by atoms with van der Waals surface area (Å²) in [6, 6.07) is 10.5. The molecule has 1 aromatic rings. The van der Waals surface area contributed by atoms with Gasteiger partial charge in [0.05, 0.1) is 5.92 Å². The minimum Gasteiger partial charge on any atom is -0.303 e. The second kappa shape index (κ2) is 9.05. The smallest absolute Gasteiger partial charge is 0.196 e. The molecule has 2 aliphatic rings. The molecule has 0 N–H and O–H groups in total. The van der Waals surface area contributed by atoms with E-state index in [4.69, 9.17) is 0 Å². The molecule has 2 nitrogen and oxygen atoms in total. The first-order valence-electron chi connectivity index (χ1n) is 9.68. The molecule has 0 radical (unpaired) electrons. The minimum absolute atomic E-state index is 0.109. The predicted molar refractivity (Wildman–Crippen MR) is 103 cm³/mol. The Balaban J connectivity index is 1.56. The third-order valence-electron chi connectivity index (χ3n) is 5.56. The Bertz CT molecular complexity index is 506. The summed E-state index contributed by atoms with van der Waals surface area (Å²) in [5.41, 5.74) is 1.23. The Morgan fingerprint density at radius 1 is 1.12 bits per heavy atom. The van der Waals surface area contributed by atoms with E-state index in [1.807, 2.05) is 6.07 Å². The lowest BCUT2D eigenvalue weighted by atomic mass is 9.86. The van der Waals surface area contributed by atoms with Crippen molar-refractivity contribution in [1.82, 2.24) is 4.90 Å². The first-order chi connectivity index (χ1) is 11.7. The Labute approximate surface area is 151 Å². The van der Waals surface area contributed by atoms with E-state index in [0.717, 1.165) is 12.3 Å². The monoisotopic (exact) mass is 345 g/mol. The van der Waals surface area contributed by atoms with Crippen molar-refractivity contribution in [2.45, 2.75) is 51.4 Å². The molecule has 1 heterocycles. The maximum Gasteiger partial charge on any atom is 0.196 e. The molecule has 132 valence electrons.